The Morgan fingerprint density at radius 3 is 2.24 bits per heavy atom. The number of nitrogens with one attached hydrogen (secondary N) is 1. The lowest BCUT2D eigenvalue weighted by Crippen LogP contribution is -2.32. The first-order valence-corrected chi connectivity index (χ1v) is 9.37. The van der Waals surface area contributed by atoms with Crippen molar-refractivity contribution in [3.8, 4) is 11.5 Å². The summed E-state index contributed by atoms with van der Waals surface area (Å²) in [7, 11) is 0. The molecule has 0 saturated carbocycles. The van der Waals surface area contributed by atoms with E-state index in [1.54, 1.807) is 42.5 Å². The summed E-state index contributed by atoms with van der Waals surface area (Å²) >= 11 is 0. The number of ketones is 1. The van der Waals surface area contributed by atoms with E-state index in [0.717, 1.165) is 6.42 Å². The van der Waals surface area contributed by atoms with Gasteiger partial charge in [-0.25, -0.2) is 4.79 Å². The number of benzene rings is 2. The number of amides is 1. The highest BCUT2D eigenvalue weighted by atomic mass is 16.6. The van der Waals surface area contributed by atoms with Crippen molar-refractivity contribution in [3.63, 3.8) is 0 Å². The number of ether oxygens (including phenoxy) is 3. The second-order valence-corrected chi connectivity index (χ2v) is 6.31. The van der Waals surface area contributed by atoms with E-state index in [1.807, 2.05) is 13.0 Å². The molecule has 0 unspecified atom stereocenters. The lowest BCUT2D eigenvalue weighted by molar-refractivity contribution is -0.155. The van der Waals surface area contributed by atoms with Gasteiger partial charge in [-0.15, -0.1) is 0 Å². The van der Waals surface area contributed by atoms with Crippen molar-refractivity contribution in [2.45, 2.75) is 33.3 Å². The molecule has 2 rings (SSSR count). The molecule has 0 heterocycles. The lowest BCUT2D eigenvalue weighted by Gasteiger charge is -2.16. The summed E-state index contributed by atoms with van der Waals surface area (Å²) in [5.41, 5.74) is 0.748. The molecule has 0 spiro atoms. The van der Waals surface area contributed by atoms with Crippen LogP contribution in [0.15, 0.2) is 48.5 Å². The molecule has 0 saturated heterocycles. The molecule has 0 aliphatic rings. The highest BCUT2D eigenvalue weighted by Gasteiger charge is 2.20. The van der Waals surface area contributed by atoms with Gasteiger partial charge in [-0.1, -0.05) is 31.2 Å². The summed E-state index contributed by atoms with van der Waals surface area (Å²) in [6.07, 6.45) is -0.215. The summed E-state index contributed by atoms with van der Waals surface area (Å²) in [6, 6.07) is 13.6. The summed E-state index contributed by atoms with van der Waals surface area (Å²) < 4.78 is 16.2. The van der Waals surface area contributed by atoms with Crippen LogP contribution < -0.4 is 14.8 Å². The molecule has 2 aromatic carbocycles. The van der Waals surface area contributed by atoms with Crippen LogP contribution >= 0.6 is 0 Å². The molecule has 0 fully saturated rings. The van der Waals surface area contributed by atoms with Crippen molar-refractivity contribution in [1.29, 1.82) is 0 Å². The molecule has 0 radical (unpaired) electrons. The number of Topliss-reactive ketones (excluding diaryl/α,β-unsaturated/α-hetero) is 1. The van der Waals surface area contributed by atoms with E-state index >= 15 is 0 Å². The van der Waals surface area contributed by atoms with Gasteiger partial charge in [0.2, 0.25) is 0 Å². The van der Waals surface area contributed by atoms with Crippen LogP contribution in [0.25, 0.3) is 0 Å². The van der Waals surface area contributed by atoms with E-state index in [1.165, 1.54) is 13.8 Å². The standard InChI is InChI=1S/C22H25NO6/c1-4-13-27-19-11-7-8-12-20(19)28-14-21(25)29-16(3)22(26)23-18-10-6-5-9-17(18)15(2)24/h5-12,16H,4,13-14H2,1-3H3,(H,23,26)/t16-/m1/s1. The molecule has 1 N–H and O–H groups in total. The van der Waals surface area contributed by atoms with Gasteiger partial charge in [0.15, 0.2) is 30.0 Å². The van der Waals surface area contributed by atoms with E-state index in [-0.39, 0.29) is 12.4 Å². The number of anilines is 1. The Bertz CT molecular complexity index is 864. The van der Waals surface area contributed by atoms with Crippen LogP contribution in [-0.2, 0) is 14.3 Å². The first-order chi connectivity index (χ1) is 13.9. The second kappa shape index (κ2) is 10.8. The summed E-state index contributed by atoms with van der Waals surface area (Å²) in [6.45, 7) is 5.01. The Labute approximate surface area is 170 Å². The van der Waals surface area contributed by atoms with Crippen molar-refractivity contribution in [1.82, 2.24) is 0 Å². The van der Waals surface area contributed by atoms with Crippen LogP contribution in [0, 0.1) is 0 Å². The molecule has 0 aliphatic heterocycles. The van der Waals surface area contributed by atoms with Gasteiger partial charge >= 0.3 is 5.97 Å². The molecule has 7 heteroatoms. The van der Waals surface area contributed by atoms with E-state index in [4.69, 9.17) is 14.2 Å². The molecule has 0 aliphatic carbocycles. The fourth-order valence-electron chi connectivity index (χ4n) is 2.46. The maximum Gasteiger partial charge on any atom is 0.344 e. The zero-order valence-corrected chi connectivity index (χ0v) is 16.8. The van der Waals surface area contributed by atoms with E-state index < -0.39 is 18.0 Å². The fourth-order valence-corrected chi connectivity index (χ4v) is 2.46. The molecule has 1 amide bonds. The molecular formula is C22H25NO6. The topological polar surface area (TPSA) is 90.9 Å². The minimum atomic E-state index is -1.06. The van der Waals surface area contributed by atoms with Gasteiger partial charge in [0.1, 0.15) is 0 Å². The quantitative estimate of drug-likeness (QED) is 0.485. The molecule has 154 valence electrons. The predicted octanol–water partition coefficient (Wildman–Crippen LogP) is 3.63. The van der Waals surface area contributed by atoms with Gasteiger partial charge < -0.3 is 19.5 Å². The van der Waals surface area contributed by atoms with Crippen molar-refractivity contribution in [2.24, 2.45) is 0 Å². The van der Waals surface area contributed by atoms with Crippen molar-refractivity contribution in [3.05, 3.63) is 54.1 Å². The summed E-state index contributed by atoms with van der Waals surface area (Å²) in [4.78, 5) is 36.0. The predicted molar refractivity (Wildman–Crippen MR) is 108 cm³/mol. The minimum absolute atomic E-state index is 0.178. The van der Waals surface area contributed by atoms with Crippen LogP contribution in [-0.4, -0.2) is 37.0 Å². The third kappa shape index (κ3) is 6.64. The van der Waals surface area contributed by atoms with Crippen molar-refractivity contribution in [2.75, 3.05) is 18.5 Å². The average Bonchev–Trinajstić information content (AvgIpc) is 2.71. The zero-order valence-electron chi connectivity index (χ0n) is 16.8. The highest BCUT2D eigenvalue weighted by molar-refractivity contribution is 6.04. The fraction of sp³-hybridized carbons (Fsp3) is 0.318. The summed E-state index contributed by atoms with van der Waals surface area (Å²) in [5.74, 6) is -0.460. The number of rotatable bonds is 10. The number of carbonyl (C=O) groups is 3. The monoisotopic (exact) mass is 399 g/mol. The Hall–Kier alpha value is -3.35. The Morgan fingerprint density at radius 1 is 0.966 bits per heavy atom. The van der Waals surface area contributed by atoms with E-state index in [2.05, 4.69) is 5.32 Å². The Morgan fingerprint density at radius 2 is 1.59 bits per heavy atom. The number of esters is 1. The van der Waals surface area contributed by atoms with Crippen LogP contribution in [0.4, 0.5) is 5.69 Å². The maximum atomic E-state index is 12.3. The van der Waals surface area contributed by atoms with Crippen LogP contribution in [0.3, 0.4) is 0 Å². The van der Waals surface area contributed by atoms with E-state index in [9.17, 15) is 14.4 Å². The van der Waals surface area contributed by atoms with Crippen LogP contribution in [0.1, 0.15) is 37.6 Å². The zero-order chi connectivity index (χ0) is 21.2. The van der Waals surface area contributed by atoms with Crippen LogP contribution in [0.5, 0.6) is 11.5 Å². The maximum absolute atomic E-state index is 12.3. The number of hydrogen-bond donors (Lipinski definition) is 1. The lowest BCUT2D eigenvalue weighted by atomic mass is 10.1. The van der Waals surface area contributed by atoms with Gasteiger partial charge in [0.05, 0.1) is 12.3 Å². The number of hydrogen-bond acceptors (Lipinski definition) is 6. The average molecular weight is 399 g/mol. The molecular weight excluding hydrogens is 374 g/mol. The molecule has 2 aromatic rings. The highest BCUT2D eigenvalue weighted by Crippen LogP contribution is 2.26. The SMILES string of the molecule is CCCOc1ccccc1OCC(=O)O[C@H](C)C(=O)Nc1ccccc1C(C)=O. The largest absolute Gasteiger partial charge is 0.490 e. The Balaban J connectivity index is 1.89. The normalized spacial score (nSPS) is 11.3. The van der Waals surface area contributed by atoms with E-state index in [0.29, 0.717) is 29.4 Å². The molecule has 1 atom stereocenters. The number of carbonyl (C=O) groups excluding carboxylic acids is 3. The van der Waals surface area contributed by atoms with Crippen molar-refractivity contribution < 1.29 is 28.6 Å². The molecule has 7 nitrogen and oxygen atoms in total. The molecule has 0 bridgehead atoms. The van der Waals surface area contributed by atoms with Crippen molar-refractivity contribution >= 4 is 23.3 Å². The molecule has 0 aromatic heterocycles. The third-order valence-electron chi connectivity index (χ3n) is 3.90. The van der Waals surface area contributed by atoms with Gasteiger partial charge in [0, 0.05) is 5.56 Å². The first-order valence-electron chi connectivity index (χ1n) is 9.37. The first kappa shape index (κ1) is 21.9. The van der Waals surface area contributed by atoms with Gasteiger partial charge in [-0.05, 0) is 44.5 Å². The second-order valence-electron chi connectivity index (χ2n) is 6.31. The van der Waals surface area contributed by atoms with Gasteiger partial charge in [-0.2, -0.15) is 0 Å². The molecule has 29 heavy (non-hydrogen) atoms. The number of para-hydroxylation sites is 3. The minimum Gasteiger partial charge on any atom is -0.490 e. The van der Waals surface area contributed by atoms with Gasteiger partial charge in [0.25, 0.3) is 5.91 Å². The van der Waals surface area contributed by atoms with Gasteiger partial charge in [-0.3, -0.25) is 9.59 Å². The van der Waals surface area contributed by atoms with Crippen LogP contribution in [0.2, 0.25) is 0 Å². The third-order valence-corrected chi connectivity index (χ3v) is 3.90. The Kier molecular flexibility index (Phi) is 8.21. The summed E-state index contributed by atoms with van der Waals surface area (Å²) in [5, 5.41) is 2.61. The smallest absolute Gasteiger partial charge is 0.344 e.